The molecule has 11 aromatic rings. The van der Waals surface area contributed by atoms with Crippen LogP contribution >= 0.6 is 0 Å². The Kier molecular flexibility index (Phi) is 3.84. The van der Waals surface area contributed by atoms with Crippen LogP contribution < -0.4 is 44.5 Å². The first-order valence-corrected chi connectivity index (χ1v) is 15.0. The van der Waals surface area contributed by atoms with E-state index in [9.17, 15) is 38.4 Å². The van der Waals surface area contributed by atoms with E-state index in [0.29, 0.717) is 64.6 Å². The number of benzene rings is 7. The summed E-state index contributed by atoms with van der Waals surface area (Å²) in [5.74, 6) is 0. The number of rotatable bonds is 0. The maximum absolute atomic E-state index is 13.9. The van der Waals surface area contributed by atoms with E-state index in [1.807, 2.05) is 0 Å². The van der Waals surface area contributed by atoms with E-state index >= 15 is 0 Å². The standard InChI is InChI=1S/C36H16N4O8/c1-37-29(41)13-5-9-19-21-11(25-23(9)33(45)39(3)35(25)47)7-15-18-16(32(44)38(2)31(15)43)8-12-22(28(18)21)20-10(6-14(30(37)42)17(13)27(19)20)24-26(12)36(48)40(4)34(24)46/h5-8H,1-4H3. The lowest BCUT2D eigenvalue weighted by atomic mass is 9.78. The van der Waals surface area contributed by atoms with E-state index in [2.05, 4.69) is 0 Å². The predicted octanol–water partition coefficient (Wildman–Crippen LogP) is 1.52. The van der Waals surface area contributed by atoms with Gasteiger partial charge in [-0.25, -0.2) is 0 Å². The second kappa shape index (κ2) is 7.20. The van der Waals surface area contributed by atoms with Crippen molar-refractivity contribution >= 4 is 108 Å². The van der Waals surface area contributed by atoms with Gasteiger partial charge in [0.15, 0.2) is 0 Å². The van der Waals surface area contributed by atoms with Crippen LogP contribution in [0.5, 0.6) is 0 Å². The molecule has 0 saturated carbocycles. The average molecular weight is 633 g/mol. The molecule has 7 aromatic carbocycles. The van der Waals surface area contributed by atoms with Crippen LogP contribution in [0.25, 0.3) is 108 Å². The number of pyridine rings is 2. The van der Waals surface area contributed by atoms with Gasteiger partial charge in [0.05, 0.1) is 21.5 Å². The summed E-state index contributed by atoms with van der Waals surface area (Å²) in [7, 11) is 5.39. The third-order valence-corrected chi connectivity index (χ3v) is 11.1. The van der Waals surface area contributed by atoms with Crippen molar-refractivity contribution in [3.05, 3.63) is 107 Å². The summed E-state index contributed by atoms with van der Waals surface area (Å²) in [6.45, 7) is 0. The molecular formula is C36H16N4O8. The van der Waals surface area contributed by atoms with E-state index < -0.39 is 44.5 Å². The van der Waals surface area contributed by atoms with Gasteiger partial charge in [-0.05, 0) is 67.4 Å². The van der Waals surface area contributed by atoms with E-state index in [1.165, 1.54) is 28.2 Å². The molecule has 0 aliphatic carbocycles. The largest absolute Gasteiger partial charge is 0.277 e. The summed E-state index contributed by atoms with van der Waals surface area (Å²) in [4.78, 5) is 111. The molecule has 48 heavy (non-hydrogen) atoms. The Morgan fingerprint density at radius 2 is 0.458 bits per heavy atom. The summed E-state index contributed by atoms with van der Waals surface area (Å²) in [5.41, 5.74) is -4.82. The third kappa shape index (κ3) is 2.24. The molecule has 0 radical (unpaired) electrons. The molecule has 0 aliphatic heterocycles. The Labute approximate surface area is 261 Å². The normalized spacial score (nSPS) is 13.2. The summed E-state index contributed by atoms with van der Waals surface area (Å²) in [6, 6.07) is 6.16. The SMILES string of the molecule is Cn1c(=O)c2cc3c4c(=O)n(C)c(=O)c4c4cc5c(=O)n(C)c(=O)c6cc7c8c(=O)n(C)c(=O)c8c8cc(c1=O)c2c1c3c4c(c56)c7c81. The van der Waals surface area contributed by atoms with Gasteiger partial charge in [-0.2, -0.15) is 0 Å². The number of hydrogen-bond donors (Lipinski definition) is 0. The second-order valence-corrected chi connectivity index (χ2v) is 13.1. The predicted molar refractivity (Wildman–Crippen MR) is 186 cm³/mol. The van der Waals surface area contributed by atoms with Gasteiger partial charge in [0, 0.05) is 71.3 Å². The molecule has 0 amide bonds. The molecule has 0 saturated heterocycles. The molecule has 4 heterocycles. The van der Waals surface area contributed by atoms with Crippen LogP contribution in [0.3, 0.4) is 0 Å². The van der Waals surface area contributed by atoms with Crippen molar-refractivity contribution in [2.45, 2.75) is 0 Å². The van der Waals surface area contributed by atoms with Crippen molar-refractivity contribution in [1.29, 1.82) is 0 Å². The van der Waals surface area contributed by atoms with Crippen molar-refractivity contribution in [1.82, 2.24) is 18.3 Å². The Bertz CT molecular complexity index is 3400. The molecule has 11 rings (SSSR count). The lowest BCUT2D eigenvalue weighted by molar-refractivity contribution is 0.841. The zero-order chi connectivity index (χ0) is 33.3. The molecule has 12 heteroatoms. The number of fused-ring (bicyclic) bond motifs is 6. The maximum atomic E-state index is 13.9. The number of aromatic nitrogens is 4. The molecule has 0 unspecified atom stereocenters. The Morgan fingerprint density at radius 3 is 0.688 bits per heavy atom. The van der Waals surface area contributed by atoms with Crippen molar-refractivity contribution in [3.8, 4) is 0 Å². The van der Waals surface area contributed by atoms with Crippen LogP contribution in [-0.4, -0.2) is 18.3 Å². The van der Waals surface area contributed by atoms with Gasteiger partial charge >= 0.3 is 0 Å². The van der Waals surface area contributed by atoms with E-state index in [1.54, 1.807) is 24.3 Å². The van der Waals surface area contributed by atoms with Crippen molar-refractivity contribution in [3.63, 3.8) is 0 Å². The Balaban J connectivity index is 1.75. The molecule has 0 atom stereocenters. The highest BCUT2D eigenvalue weighted by Crippen LogP contribution is 2.53. The lowest BCUT2D eigenvalue weighted by Crippen LogP contribution is -2.31. The zero-order valence-corrected chi connectivity index (χ0v) is 25.4. The third-order valence-electron chi connectivity index (χ3n) is 11.1. The van der Waals surface area contributed by atoms with E-state index in [-0.39, 0.29) is 43.1 Å². The van der Waals surface area contributed by atoms with Crippen molar-refractivity contribution < 1.29 is 0 Å². The molecule has 0 N–H and O–H groups in total. The molecule has 0 spiro atoms. The first-order valence-electron chi connectivity index (χ1n) is 15.0. The van der Waals surface area contributed by atoms with Crippen molar-refractivity contribution in [2.24, 2.45) is 28.2 Å². The van der Waals surface area contributed by atoms with E-state index in [0.717, 1.165) is 18.3 Å². The highest BCUT2D eigenvalue weighted by atomic mass is 16.2. The fraction of sp³-hybridized carbons (Fsp3) is 0.111. The average Bonchev–Trinajstić information content (AvgIpc) is 3.45. The van der Waals surface area contributed by atoms with Crippen LogP contribution in [-0.2, 0) is 28.2 Å². The first kappa shape index (κ1) is 25.6. The molecule has 4 aromatic heterocycles. The Hall–Kier alpha value is -6.56. The van der Waals surface area contributed by atoms with Crippen LogP contribution in [0, 0.1) is 0 Å². The van der Waals surface area contributed by atoms with Crippen LogP contribution in [0.4, 0.5) is 0 Å². The summed E-state index contributed by atoms with van der Waals surface area (Å²) >= 11 is 0. The summed E-state index contributed by atoms with van der Waals surface area (Å²) in [6.07, 6.45) is 0. The number of nitrogens with zero attached hydrogens (tertiary/aromatic N) is 4. The first-order chi connectivity index (χ1) is 22.9. The lowest BCUT2D eigenvalue weighted by Gasteiger charge is -2.24. The molecule has 12 nitrogen and oxygen atoms in total. The molecule has 0 fully saturated rings. The van der Waals surface area contributed by atoms with Gasteiger partial charge in [-0.15, -0.1) is 0 Å². The quantitative estimate of drug-likeness (QED) is 0.180. The van der Waals surface area contributed by atoms with Gasteiger partial charge < -0.3 is 0 Å². The second-order valence-electron chi connectivity index (χ2n) is 13.1. The highest BCUT2D eigenvalue weighted by molar-refractivity contribution is 6.54. The van der Waals surface area contributed by atoms with Crippen LogP contribution in [0.15, 0.2) is 62.6 Å². The van der Waals surface area contributed by atoms with E-state index in [4.69, 9.17) is 0 Å². The summed E-state index contributed by atoms with van der Waals surface area (Å²) in [5, 5.41) is 5.28. The fourth-order valence-corrected chi connectivity index (χ4v) is 8.96. The van der Waals surface area contributed by atoms with Gasteiger partial charge in [0.25, 0.3) is 44.5 Å². The number of hydrogen-bond acceptors (Lipinski definition) is 8. The molecule has 228 valence electrons. The van der Waals surface area contributed by atoms with Crippen LogP contribution in [0.2, 0.25) is 0 Å². The van der Waals surface area contributed by atoms with Gasteiger partial charge in [0.2, 0.25) is 0 Å². The maximum Gasteiger partial charge on any atom is 0.261 e. The Morgan fingerprint density at radius 1 is 0.250 bits per heavy atom. The highest BCUT2D eigenvalue weighted by Gasteiger charge is 2.33. The van der Waals surface area contributed by atoms with Gasteiger partial charge in [0.1, 0.15) is 0 Å². The molecular weight excluding hydrogens is 616 g/mol. The molecule has 0 aliphatic rings. The van der Waals surface area contributed by atoms with Gasteiger partial charge in [-0.1, -0.05) is 0 Å². The molecule has 0 bridgehead atoms. The van der Waals surface area contributed by atoms with Gasteiger partial charge in [-0.3, -0.25) is 56.6 Å². The minimum absolute atomic E-state index is 0.0521. The summed E-state index contributed by atoms with van der Waals surface area (Å²) < 4.78 is 3.88. The van der Waals surface area contributed by atoms with Crippen molar-refractivity contribution in [2.75, 3.05) is 0 Å². The minimum atomic E-state index is -0.605. The topological polar surface area (TPSA) is 156 Å². The fourth-order valence-electron chi connectivity index (χ4n) is 8.96. The minimum Gasteiger partial charge on any atom is -0.277 e. The zero-order valence-electron chi connectivity index (χ0n) is 25.4. The van der Waals surface area contributed by atoms with Crippen LogP contribution in [0.1, 0.15) is 0 Å². The monoisotopic (exact) mass is 632 g/mol. The smallest absolute Gasteiger partial charge is 0.261 e.